The van der Waals surface area contributed by atoms with Crippen molar-refractivity contribution in [1.29, 1.82) is 0 Å². The van der Waals surface area contributed by atoms with Gasteiger partial charge in [-0.05, 0) is 18.9 Å². The van der Waals surface area contributed by atoms with Crippen LogP contribution in [0.25, 0.3) is 0 Å². The van der Waals surface area contributed by atoms with Crippen molar-refractivity contribution >= 4 is 15.7 Å². The molecule has 0 saturated heterocycles. The first-order valence-corrected chi connectivity index (χ1v) is 7.46. The zero-order valence-electron chi connectivity index (χ0n) is 10.3. The van der Waals surface area contributed by atoms with Crippen LogP contribution in [-0.2, 0) is 16.4 Å². The molecule has 8 heteroatoms. The molecule has 1 aliphatic carbocycles. The van der Waals surface area contributed by atoms with Crippen LogP contribution in [0.1, 0.15) is 18.4 Å². The van der Waals surface area contributed by atoms with Gasteiger partial charge in [-0.1, -0.05) is 18.2 Å². The molecule has 1 fully saturated rings. The van der Waals surface area contributed by atoms with Crippen LogP contribution in [0.4, 0.5) is 13.2 Å². The second-order valence-corrected chi connectivity index (χ2v) is 6.75. The number of rotatable bonds is 4. The van der Waals surface area contributed by atoms with Crippen molar-refractivity contribution in [3.8, 4) is 0 Å². The minimum atomic E-state index is -4.87. The van der Waals surface area contributed by atoms with Crippen LogP contribution in [0.2, 0.25) is 0 Å². The molecule has 0 heterocycles. The lowest BCUT2D eigenvalue weighted by atomic mass is 10.2. The van der Waals surface area contributed by atoms with Crippen LogP contribution in [0.15, 0.2) is 29.2 Å². The maximum Gasteiger partial charge on any atom is 0.516 e. The third-order valence-electron chi connectivity index (χ3n) is 2.96. The monoisotopic (exact) mass is 308 g/mol. The molecule has 0 aliphatic heterocycles. The predicted octanol–water partition coefficient (Wildman–Crippen LogP) is 0.722. The first-order chi connectivity index (χ1) is 9.23. The highest BCUT2D eigenvalue weighted by Gasteiger charge is 2.42. The van der Waals surface area contributed by atoms with Gasteiger partial charge in [-0.15, -0.1) is 0 Å². The van der Waals surface area contributed by atoms with E-state index in [2.05, 4.69) is 0 Å². The van der Waals surface area contributed by atoms with E-state index in [-0.39, 0.29) is 10.5 Å². The minimum Gasteiger partial charge on any atom is -0.457 e. The number of sulfone groups is 1. The summed E-state index contributed by atoms with van der Waals surface area (Å²) in [6.07, 6.45) is -3.72. The largest absolute Gasteiger partial charge is 0.516 e. The summed E-state index contributed by atoms with van der Waals surface area (Å²) < 4.78 is 60.7. The Balaban J connectivity index is 2.30. The van der Waals surface area contributed by atoms with Crippen molar-refractivity contribution in [3.05, 3.63) is 29.8 Å². The first-order valence-electron chi connectivity index (χ1n) is 5.91. The maximum atomic E-state index is 12.2. The Morgan fingerprint density at radius 2 is 1.90 bits per heavy atom. The summed E-state index contributed by atoms with van der Waals surface area (Å²) in [5.74, 6) is -1.84. The maximum absolute atomic E-state index is 12.2. The van der Waals surface area contributed by atoms with E-state index in [1.807, 2.05) is 0 Å². The Morgan fingerprint density at radius 1 is 1.30 bits per heavy atom. The number of hydrogen-bond donors (Lipinski definition) is 2. The van der Waals surface area contributed by atoms with Crippen molar-refractivity contribution in [3.63, 3.8) is 0 Å². The van der Waals surface area contributed by atoms with Gasteiger partial charge in [0.05, 0.1) is 10.1 Å². The van der Waals surface area contributed by atoms with Gasteiger partial charge in [-0.3, -0.25) is 0 Å². The molecular formula is C12H13F3NO3S+. The van der Waals surface area contributed by atoms with Gasteiger partial charge >= 0.3 is 12.1 Å². The van der Waals surface area contributed by atoms with Crippen LogP contribution < -0.4 is 4.99 Å². The number of benzene rings is 1. The smallest absolute Gasteiger partial charge is 0.457 e. The van der Waals surface area contributed by atoms with Crippen molar-refractivity contribution in [2.45, 2.75) is 35.7 Å². The molecule has 0 radical (unpaired) electrons. The van der Waals surface area contributed by atoms with Gasteiger partial charge in [0.1, 0.15) is 0 Å². The van der Waals surface area contributed by atoms with E-state index in [4.69, 9.17) is 5.11 Å². The normalized spacial score (nSPS) is 17.2. The SMILES string of the molecule is O=S(=O)(c1ccccc1C[NH+]=C(O)C(F)(F)F)C1CC1. The predicted molar refractivity (Wildman–Crippen MR) is 65.0 cm³/mol. The molecule has 2 rings (SSSR count). The highest BCUT2D eigenvalue weighted by Crippen LogP contribution is 2.34. The molecule has 0 amide bonds. The van der Waals surface area contributed by atoms with Crippen LogP contribution in [0, 0.1) is 0 Å². The fraction of sp³-hybridized carbons (Fsp3) is 0.417. The van der Waals surface area contributed by atoms with E-state index in [0.717, 1.165) is 0 Å². The highest BCUT2D eigenvalue weighted by atomic mass is 32.2. The summed E-state index contributed by atoms with van der Waals surface area (Å²) in [6.45, 7) is -0.409. The van der Waals surface area contributed by atoms with E-state index < -0.39 is 33.7 Å². The van der Waals surface area contributed by atoms with Gasteiger partial charge in [0.15, 0.2) is 16.4 Å². The van der Waals surface area contributed by atoms with Crippen molar-refractivity contribution in [1.82, 2.24) is 0 Å². The molecule has 0 atom stereocenters. The van der Waals surface area contributed by atoms with E-state index in [9.17, 15) is 21.6 Å². The number of nitrogens with one attached hydrogen (secondary N) is 1. The average Bonchev–Trinajstić information content (AvgIpc) is 3.19. The zero-order valence-corrected chi connectivity index (χ0v) is 11.1. The third-order valence-corrected chi connectivity index (χ3v) is 5.32. The zero-order chi connectivity index (χ0) is 15.0. The van der Waals surface area contributed by atoms with E-state index in [1.165, 1.54) is 24.3 Å². The summed E-state index contributed by atoms with van der Waals surface area (Å²) in [6, 6.07) is 5.85. The fourth-order valence-corrected chi connectivity index (χ4v) is 3.65. The van der Waals surface area contributed by atoms with Crippen LogP contribution in [-0.4, -0.2) is 30.8 Å². The van der Waals surface area contributed by atoms with Crippen molar-refractivity contribution in [2.75, 3.05) is 0 Å². The van der Waals surface area contributed by atoms with Gasteiger partial charge in [-0.2, -0.15) is 13.2 Å². The molecule has 1 aliphatic rings. The molecule has 1 aromatic carbocycles. The molecule has 4 nitrogen and oxygen atoms in total. The number of alkyl halides is 3. The van der Waals surface area contributed by atoms with E-state index in [1.54, 1.807) is 4.99 Å². The molecule has 0 unspecified atom stereocenters. The van der Waals surface area contributed by atoms with E-state index in [0.29, 0.717) is 12.8 Å². The first kappa shape index (κ1) is 14.8. The fourth-order valence-electron chi connectivity index (χ4n) is 1.76. The van der Waals surface area contributed by atoms with Crippen LogP contribution in [0.5, 0.6) is 0 Å². The second kappa shape index (κ2) is 5.08. The molecule has 0 aromatic heterocycles. The van der Waals surface area contributed by atoms with Gasteiger partial charge in [-0.25, -0.2) is 13.4 Å². The topological polar surface area (TPSA) is 68.3 Å². The Kier molecular flexibility index (Phi) is 3.77. The summed E-state index contributed by atoms with van der Waals surface area (Å²) >= 11 is 0. The molecule has 20 heavy (non-hydrogen) atoms. The van der Waals surface area contributed by atoms with Crippen LogP contribution >= 0.6 is 0 Å². The van der Waals surface area contributed by atoms with Gasteiger partial charge in [0, 0.05) is 5.56 Å². The van der Waals surface area contributed by atoms with E-state index >= 15 is 0 Å². The Hall–Kier alpha value is -1.57. The lowest BCUT2D eigenvalue weighted by Crippen LogP contribution is -2.74. The summed E-state index contributed by atoms with van der Waals surface area (Å²) in [5, 5.41) is 8.35. The highest BCUT2D eigenvalue weighted by molar-refractivity contribution is 7.92. The summed E-state index contributed by atoms with van der Waals surface area (Å²) in [5.41, 5.74) is 0.204. The Bertz CT molecular complexity index is 634. The Morgan fingerprint density at radius 3 is 2.45 bits per heavy atom. The van der Waals surface area contributed by atoms with Gasteiger partial charge in [0.2, 0.25) is 0 Å². The van der Waals surface area contributed by atoms with Crippen LogP contribution in [0.3, 0.4) is 0 Å². The van der Waals surface area contributed by atoms with Gasteiger partial charge in [0.25, 0.3) is 0 Å². The molecule has 1 aromatic rings. The number of aliphatic hydroxyl groups is 1. The summed E-state index contributed by atoms with van der Waals surface area (Å²) in [7, 11) is -3.49. The molecule has 0 spiro atoms. The standard InChI is InChI=1S/C12H12F3NO3S/c13-12(14,15)11(17)16-7-8-3-1-2-4-10(8)20(18,19)9-5-6-9/h1-4,9H,5-7H2,(H,16,17)/p+1. The molecule has 1 saturated carbocycles. The van der Waals surface area contributed by atoms with Crippen molar-refractivity contribution in [2.24, 2.45) is 0 Å². The molecule has 0 bridgehead atoms. The van der Waals surface area contributed by atoms with Crippen molar-refractivity contribution < 1.29 is 31.7 Å². The lowest BCUT2D eigenvalue weighted by molar-refractivity contribution is -0.494. The number of hydrogen-bond acceptors (Lipinski definition) is 2. The lowest BCUT2D eigenvalue weighted by Gasteiger charge is -2.06. The number of halogens is 3. The number of aliphatic hydroxyl groups excluding tert-OH is 1. The quantitative estimate of drug-likeness (QED) is 0.636. The second-order valence-electron chi connectivity index (χ2n) is 4.55. The molecule has 110 valence electrons. The summed E-state index contributed by atoms with van der Waals surface area (Å²) in [4.78, 5) is 1.81. The molecule has 2 N–H and O–H groups in total. The third kappa shape index (κ3) is 3.12. The van der Waals surface area contributed by atoms with Gasteiger partial charge < -0.3 is 5.11 Å². The molecular weight excluding hydrogens is 295 g/mol. The Labute approximate surface area is 113 Å². The average molecular weight is 308 g/mol. The minimum absolute atomic E-state index is 0.0185.